The van der Waals surface area contributed by atoms with Crippen molar-refractivity contribution >= 4 is 93.4 Å². The molecular weight excluding hydrogens is 1510 g/mol. The van der Waals surface area contributed by atoms with Crippen LogP contribution >= 0.6 is 46.4 Å². The third-order valence-electron chi connectivity index (χ3n) is 24.4. The highest BCUT2D eigenvalue weighted by Gasteiger charge is 2.49. The van der Waals surface area contributed by atoms with Crippen LogP contribution in [-0.4, -0.2) is 188 Å². The van der Waals surface area contributed by atoms with Gasteiger partial charge in [0.2, 0.25) is 17.7 Å². The Labute approximate surface area is 697 Å². The fraction of sp³-hybridized carbons (Fsp3) is 0.527. The Bertz CT molecular complexity index is 4180. The van der Waals surface area contributed by atoms with Crippen molar-refractivity contribution < 1.29 is 28.8 Å². The summed E-state index contributed by atoms with van der Waals surface area (Å²) in [5.74, 6) is 1.33. The predicted molar refractivity (Wildman–Crippen MR) is 463 cm³/mol. The molecule has 612 valence electrons. The third kappa shape index (κ3) is 24.8. The molecule has 114 heavy (non-hydrogen) atoms. The van der Waals surface area contributed by atoms with Crippen LogP contribution < -0.4 is 17.2 Å². The quantitative estimate of drug-likeness (QED) is 0.0350. The van der Waals surface area contributed by atoms with Crippen molar-refractivity contribution in [2.45, 2.75) is 261 Å². The van der Waals surface area contributed by atoms with Gasteiger partial charge in [-0.15, -0.1) is 0 Å². The number of hydrogen-bond acceptors (Lipinski definition) is 14. The summed E-state index contributed by atoms with van der Waals surface area (Å²) >= 11 is 24.5. The molecule has 0 aliphatic carbocycles. The van der Waals surface area contributed by atoms with Crippen molar-refractivity contribution in [1.82, 2.24) is 29.4 Å². The first-order chi connectivity index (χ1) is 55.0. The van der Waals surface area contributed by atoms with Gasteiger partial charge >= 0.3 is 0 Å². The van der Waals surface area contributed by atoms with Crippen LogP contribution in [0.25, 0.3) is 0 Å². The molecule has 3 amide bonds. The molecule has 0 radical (unpaired) electrons. The molecule has 6 N–H and O–H groups in total. The molecule has 0 aromatic heterocycles. The molecule has 6 aromatic rings. The van der Waals surface area contributed by atoms with E-state index >= 15 is 0 Å². The van der Waals surface area contributed by atoms with Crippen LogP contribution in [0.3, 0.4) is 0 Å². The standard InChI is InChI=1S/C31H37Cl2N5O2.C31H41Cl2N3O2.C31H43N3O2/c32-26-11-7-22(18-27(26)33)8-13-30(39)28(12-9-24-14-16-35-36-24)37-17-15-25(10-6-21-4-2-1-3-5-21)38-20-23(34)19-29(38)31(37)40;1-21(2)17-28(30(37)10-6-9-23-12-14-26(32)27(33)18-23)35-16-15-25(13-11-22-7-4-3-5-8-22)36-20-24(34)19-29(36)31(35)38;1-23(2)20-28(30(35)15-9-14-24-10-5-3-6-11-24)33-19-18-27(17-16-25-12-7-4-8-13-25)34-22-26(32)21-29(34)31(33)36/h1-5,7,11,16,18,23,25,28-29H,6,8-10,12-15,17,19-20,34H2;3-5,7-8,12,14,18,21,24-25,28-29H,6,9-11,13,15-17,19-20,34H2,1-2H3;3-8,10-13,23,26-29H,9,14-22,32H2,1-2H3/t23-,25?,28-,29+;24-,25?,28-,29+;26-,27?,28-,29+/m111/s1. The highest BCUT2D eigenvalue weighted by Crippen LogP contribution is 2.36. The number of nitrogens with two attached hydrogens (primary N) is 3. The minimum absolute atomic E-state index is 0.00595. The average molecular weight is 1630 g/mol. The SMILES string of the molecule is CC(C)C[C@H](C(=O)CCCc1ccc(Cl)c(Cl)c1)N1CCC(CCc2ccccc2)N2C[C@H](N)C[C@H]2C1=O.CC(C)C[C@H](C(=O)CCCc1ccccc1)N1CCC(CCc2ccccc2)N2C[C@H](N)C[C@H]2C1=O.N[C@@H]1C[C@H]2C(=O)N([C@H](CCC3=NN=CC3)C(=O)CCc3ccc(Cl)c(Cl)c3)CCC(CCc3ccccc3)N2C1. The van der Waals surface area contributed by atoms with Gasteiger partial charge in [0.1, 0.15) is 0 Å². The normalized spacial score (nSPS) is 23.4. The molecule has 6 aromatic carbocycles. The maximum atomic E-state index is 14.1. The number of carbonyl (C=O) groups excluding carboxylic acids is 6. The van der Waals surface area contributed by atoms with Gasteiger partial charge in [-0.3, -0.25) is 43.5 Å². The highest BCUT2D eigenvalue weighted by atomic mass is 35.5. The monoisotopic (exact) mass is 1630 g/mol. The van der Waals surface area contributed by atoms with Gasteiger partial charge in [-0.05, 0) is 204 Å². The molecule has 13 rings (SSSR count). The van der Waals surface area contributed by atoms with E-state index in [0.717, 1.165) is 113 Å². The summed E-state index contributed by atoms with van der Waals surface area (Å²) in [6, 6.07) is 51.8. The van der Waals surface area contributed by atoms with E-state index in [0.29, 0.717) is 141 Å². The highest BCUT2D eigenvalue weighted by molar-refractivity contribution is 6.42. The molecule has 0 bridgehead atoms. The lowest BCUT2D eigenvalue weighted by molar-refractivity contribution is -0.142. The van der Waals surface area contributed by atoms with Crippen LogP contribution in [-0.2, 0) is 67.3 Å². The summed E-state index contributed by atoms with van der Waals surface area (Å²) in [6.45, 7) is 12.6. The average Bonchev–Trinajstić information content (AvgIpc) is 1.65. The maximum Gasteiger partial charge on any atom is 0.240 e. The number of ketones is 3. The number of carbonyl (C=O) groups is 6. The van der Waals surface area contributed by atoms with Crippen LogP contribution in [0, 0.1) is 11.8 Å². The minimum Gasteiger partial charge on any atom is -0.331 e. The zero-order chi connectivity index (χ0) is 80.8. The van der Waals surface area contributed by atoms with Gasteiger partial charge in [-0.25, -0.2) is 0 Å². The summed E-state index contributed by atoms with van der Waals surface area (Å²) in [4.78, 5) is 95.6. The minimum atomic E-state index is -0.509. The predicted octanol–water partition coefficient (Wildman–Crippen LogP) is 15.7. The lowest BCUT2D eigenvalue weighted by Crippen LogP contribution is -2.51. The second kappa shape index (κ2) is 43.5. The number of amides is 3. The molecule has 7 heterocycles. The molecule has 0 saturated carbocycles. The molecule has 7 aliphatic heterocycles. The number of rotatable bonds is 33. The summed E-state index contributed by atoms with van der Waals surface area (Å²) < 4.78 is 0. The van der Waals surface area contributed by atoms with Crippen LogP contribution in [0.2, 0.25) is 20.1 Å². The number of Topliss-reactive ketones (excluding diaryl/α,β-unsaturated/α-hetero) is 3. The van der Waals surface area contributed by atoms with E-state index in [-0.39, 0.29) is 95.5 Å². The lowest BCUT2D eigenvalue weighted by Gasteiger charge is -2.33. The second-order valence-electron chi connectivity index (χ2n) is 33.7. The summed E-state index contributed by atoms with van der Waals surface area (Å²) in [7, 11) is 0. The van der Waals surface area contributed by atoms with E-state index in [9.17, 15) is 28.8 Å². The molecule has 12 atom stereocenters. The van der Waals surface area contributed by atoms with Crippen molar-refractivity contribution in [2.75, 3.05) is 39.3 Å². The first-order valence-corrected chi connectivity index (χ1v) is 43.7. The summed E-state index contributed by atoms with van der Waals surface area (Å²) in [5.41, 5.74) is 27.3. The summed E-state index contributed by atoms with van der Waals surface area (Å²) in [5, 5.41) is 10.2. The smallest absolute Gasteiger partial charge is 0.240 e. The molecule has 6 saturated heterocycles. The van der Waals surface area contributed by atoms with E-state index in [2.05, 4.69) is 138 Å². The number of nitrogens with zero attached hydrogens (tertiary/aromatic N) is 8. The third-order valence-corrected chi connectivity index (χ3v) is 25.8. The fourth-order valence-electron chi connectivity index (χ4n) is 18.4. The van der Waals surface area contributed by atoms with Gasteiger partial charge in [0.05, 0.1) is 56.3 Å². The molecule has 0 spiro atoms. The van der Waals surface area contributed by atoms with Crippen molar-refractivity contribution in [3.8, 4) is 0 Å². The maximum absolute atomic E-state index is 14.1. The van der Waals surface area contributed by atoms with E-state index < -0.39 is 6.04 Å². The molecule has 6 fully saturated rings. The Balaban J connectivity index is 0.000000169. The Morgan fingerprint density at radius 3 is 1.11 bits per heavy atom. The number of fused-ring (bicyclic) bond motifs is 3. The van der Waals surface area contributed by atoms with Gasteiger partial charge in [-0.1, -0.05) is 208 Å². The van der Waals surface area contributed by atoms with Crippen LogP contribution in [0.15, 0.2) is 168 Å². The van der Waals surface area contributed by atoms with Gasteiger partial charge in [0.25, 0.3) is 0 Å². The zero-order valence-electron chi connectivity index (χ0n) is 67.4. The first-order valence-electron chi connectivity index (χ1n) is 42.2. The van der Waals surface area contributed by atoms with Crippen molar-refractivity contribution in [2.24, 2.45) is 39.2 Å². The molecule has 17 nitrogen and oxygen atoms in total. The second-order valence-corrected chi connectivity index (χ2v) is 35.4. The Morgan fingerprint density at radius 1 is 0.412 bits per heavy atom. The molecule has 7 aliphatic rings. The van der Waals surface area contributed by atoms with Crippen molar-refractivity contribution in [3.63, 3.8) is 0 Å². The Hall–Kier alpha value is -7.00. The molecular formula is C93H121Cl4N11O6. The number of halogens is 4. The molecule has 21 heteroatoms. The van der Waals surface area contributed by atoms with Gasteiger partial charge in [-0.2, -0.15) is 10.2 Å². The van der Waals surface area contributed by atoms with Crippen LogP contribution in [0.1, 0.15) is 183 Å². The van der Waals surface area contributed by atoms with Crippen molar-refractivity contribution in [1.29, 1.82) is 0 Å². The topological polar surface area (TPSA) is 225 Å². The number of hydrogen-bond donors (Lipinski definition) is 3. The summed E-state index contributed by atoms with van der Waals surface area (Å²) in [6.07, 6.45) is 20.5. The van der Waals surface area contributed by atoms with Gasteiger partial charge in [0, 0.05) is 113 Å². The largest absolute Gasteiger partial charge is 0.331 e. The fourth-order valence-corrected chi connectivity index (χ4v) is 19.1. The van der Waals surface area contributed by atoms with Gasteiger partial charge < -0.3 is 31.9 Å². The number of aryl methyl sites for hydroxylation is 6. The van der Waals surface area contributed by atoms with Crippen molar-refractivity contribution in [3.05, 3.63) is 211 Å². The van der Waals surface area contributed by atoms with Crippen LogP contribution in [0.5, 0.6) is 0 Å². The van der Waals surface area contributed by atoms with E-state index in [1.807, 2.05) is 75.4 Å². The Kier molecular flexibility index (Phi) is 33.5. The first kappa shape index (κ1) is 87.8. The Morgan fingerprint density at radius 2 is 0.754 bits per heavy atom. The van der Waals surface area contributed by atoms with Crippen LogP contribution in [0.4, 0.5) is 0 Å². The van der Waals surface area contributed by atoms with Gasteiger partial charge in [0.15, 0.2) is 17.3 Å². The van der Waals surface area contributed by atoms with E-state index in [1.165, 1.54) is 22.3 Å². The van der Waals surface area contributed by atoms with E-state index in [1.54, 1.807) is 18.3 Å². The molecule has 3 unspecified atom stereocenters. The number of benzene rings is 6. The zero-order valence-corrected chi connectivity index (χ0v) is 70.4. The lowest BCUT2D eigenvalue weighted by atomic mass is 9.94. The van der Waals surface area contributed by atoms with E-state index in [4.69, 9.17) is 63.6 Å².